The van der Waals surface area contributed by atoms with E-state index in [0.717, 1.165) is 12.1 Å². The number of amides is 1. The third kappa shape index (κ3) is 3.77. The summed E-state index contributed by atoms with van der Waals surface area (Å²) in [7, 11) is 0. The van der Waals surface area contributed by atoms with Crippen LogP contribution in [0.1, 0.15) is 21.9 Å². The van der Waals surface area contributed by atoms with Gasteiger partial charge in [0, 0.05) is 23.7 Å². The number of nitrogens with zero attached hydrogens (tertiary/aromatic N) is 3. The van der Waals surface area contributed by atoms with Crippen LogP contribution in [0.4, 0.5) is 17.6 Å². The molecule has 1 amide bonds. The Balaban J connectivity index is 1.72. The minimum absolute atomic E-state index is 0.0892. The molecule has 2 aromatic carbocycles. The van der Waals surface area contributed by atoms with Crippen molar-refractivity contribution in [1.82, 2.24) is 14.5 Å². The summed E-state index contributed by atoms with van der Waals surface area (Å²) in [6.07, 6.45) is -4.71. The van der Waals surface area contributed by atoms with Gasteiger partial charge >= 0.3 is 6.18 Å². The number of hydrogen-bond donors (Lipinski definition) is 0. The van der Waals surface area contributed by atoms with E-state index in [-0.39, 0.29) is 47.3 Å². The lowest BCUT2D eigenvalue weighted by molar-refractivity contribution is -0.140. The summed E-state index contributed by atoms with van der Waals surface area (Å²) in [6.45, 7) is 0.136. The molecule has 0 bridgehead atoms. The molecule has 0 saturated carbocycles. The van der Waals surface area contributed by atoms with Crippen LogP contribution in [0.5, 0.6) is 0 Å². The molecule has 0 radical (unpaired) electrons. The second kappa shape index (κ2) is 7.59. The highest BCUT2D eigenvalue weighted by Gasteiger charge is 2.40. The Bertz CT molecular complexity index is 1130. The Morgan fingerprint density at radius 1 is 1.03 bits per heavy atom. The normalized spacial score (nSPS) is 14.0. The fraction of sp³-hybridized carbons (Fsp3) is 0.200. The van der Waals surface area contributed by atoms with Gasteiger partial charge in [-0.15, -0.1) is 0 Å². The van der Waals surface area contributed by atoms with E-state index in [0.29, 0.717) is 5.02 Å². The molecule has 0 spiro atoms. The second-order valence-corrected chi connectivity index (χ2v) is 7.58. The molecule has 30 heavy (non-hydrogen) atoms. The van der Waals surface area contributed by atoms with Crippen LogP contribution in [0, 0.1) is 5.82 Å². The molecule has 4 rings (SSSR count). The Hall–Kier alpha value is -2.58. The highest BCUT2D eigenvalue weighted by Crippen LogP contribution is 2.38. The van der Waals surface area contributed by atoms with Crippen molar-refractivity contribution in [2.45, 2.75) is 19.3 Å². The standard InChI is InChI=1S/C20H13Cl2F4N3O/c21-12-3-6-14(15(22)9-12)19(30)28-7-8-29-16(10-28)27-18(20(24,25)26)17(29)11-1-4-13(23)5-2-11/h1-6,9H,7-8,10H2. The number of rotatable bonds is 2. The van der Waals surface area contributed by atoms with Gasteiger partial charge in [0.15, 0.2) is 5.69 Å². The van der Waals surface area contributed by atoms with Gasteiger partial charge in [-0.3, -0.25) is 4.79 Å². The van der Waals surface area contributed by atoms with Crippen LogP contribution in [0.2, 0.25) is 10.0 Å². The highest BCUT2D eigenvalue weighted by molar-refractivity contribution is 6.36. The molecule has 0 unspecified atom stereocenters. The Morgan fingerprint density at radius 3 is 2.37 bits per heavy atom. The van der Waals surface area contributed by atoms with E-state index in [1.54, 1.807) is 0 Å². The largest absolute Gasteiger partial charge is 0.435 e. The summed E-state index contributed by atoms with van der Waals surface area (Å²) < 4.78 is 55.6. The number of halogens is 6. The third-order valence-corrected chi connectivity index (χ3v) is 5.36. The summed E-state index contributed by atoms with van der Waals surface area (Å²) in [4.78, 5) is 18.0. The van der Waals surface area contributed by atoms with Crippen molar-refractivity contribution in [2.75, 3.05) is 6.54 Å². The minimum atomic E-state index is -4.71. The lowest BCUT2D eigenvalue weighted by Crippen LogP contribution is -2.38. The van der Waals surface area contributed by atoms with Crippen molar-refractivity contribution in [3.05, 3.63) is 75.4 Å². The van der Waals surface area contributed by atoms with Gasteiger partial charge in [0.25, 0.3) is 5.91 Å². The molecule has 2 heterocycles. The van der Waals surface area contributed by atoms with Gasteiger partial charge in [0.1, 0.15) is 11.6 Å². The number of alkyl halides is 3. The van der Waals surface area contributed by atoms with E-state index in [1.165, 1.54) is 39.8 Å². The van der Waals surface area contributed by atoms with Crippen molar-refractivity contribution in [2.24, 2.45) is 0 Å². The number of fused-ring (bicyclic) bond motifs is 1. The number of carbonyl (C=O) groups is 1. The van der Waals surface area contributed by atoms with Crippen LogP contribution in [-0.4, -0.2) is 26.9 Å². The molecule has 3 aromatic rings. The Morgan fingerprint density at radius 2 is 1.73 bits per heavy atom. The maximum Gasteiger partial charge on any atom is 0.435 e. The van der Waals surface area contributed by atoms with Gasteiger partial charge in [-0.2, -0.15) is 13.2 Å². The monoisotopic (exact) mass is 457 g/mol. The van der Waals surface area contributed by atoms with Crippen molar-refractivity contribution in [3.63, 3.8) is 0 Å². The average molecular weight is 458 g/mol. The molecule has 0 aliphatic carbocycles. The molecule has 1 aliphatic rings. The van der Waals surface area contributed by atoms with Crippen LogP contribution >= 0.6 is 23.2 Å². The molecule has 1 aliphatic heterocycles. The Kier molecular flexibility index (Phi) is 5.23. The predicted molar refractivity (Wildman–Crippen MR) is 104 cm³/mol. The van der Waals surface area contributed by atoms with Crippen LogP contribution in [0.15, 0.2) is 42.5 Å². The molecular weight excluding hydrogens is 445 g/mol. The summed E-state index contributed by atoms with van der Waals surface area (Å²) >= 11 is 11.9. The van der Waals surface area contributed by atoms with Gasteiger partial charge in [-0.1, -0.05) is 23.2 Å². The summed E-state index contributed by atoms with van der Waals surface area (Å²) in [5.41, 5.74) is -0.809. The van der Waals surface area contributed by atoms with Crippen LogP contribution in [0.3, 0.4) is 0 Å². The fourth-order valence-electron chi connectivity index (χ4n) is 3.44. The summed E-state index contributed by atoms with van der Waals surface area (Å²) in [5, 5.41) is 0.522. The number of imidazole rings is 1. The first kappa shape index (κ1) is 20.7. The van der Waals surface area contributed by atoms with Crippen LogP contribution in [-0.2, 0) is 19.3 Å². The maximum atomic E-state index is 13.7. The van der Waals surface area contributed by atoms with Gasteiger partial charge in [0.2, 0.25) is 0 Å². The molecule has 0 saturated heterocycles. The lowest BCUT2D eigenvalue weighted by Gasteiger charge is -2.29. The quantitative estimate of drug-likeness (QED) is 0.465. The van der Waals surface area contributed by atoms with E-state index in [1.807, 2.05) is 0 Å². The first-order valence-electron chi connectivity index (χ1n) is 8.82. The average Bonchev–Trinajstić information content (AvgIpc) is 3.07. The third-order valence-electron chi connectivity index (χ3n) is 4.81. The van der Waals surface area contributed by atoms with E-state index in [9.17, 15) is 22.4 Å². The molecule has 10 heteroatoms. The fourth-order valence-corrected chi connectivity index (χ4v) is 3.93. The first-order valence-corrected chi connectivity index (χ1v) is 9.57. The topological polar surface area (TPSA) is 38.1 Å². The lowest BCUT2D eigenvalue weighted by atomic mass is 10.1. The molecular formula is C20H13Cl2F4N3O. The van der Waals surface area contributed by atoms with E-state index < -0.39 is 23.6 Å². The zero-order valence-electron chi connectivity index (χ0n) is 15.2. The van der Waals surface area contributed by atoms with E-state index >= 15 is 0 Å². The molecule has 4 nitrogen and oxygen atoms in total. The van der Waals surface area contributed by atoms with Gasteiger partial charge in [0.05, 0.1) is 22.8 Å². The first-order chi connectivity index (χ1) is 14.1. The van der Waals surface area contributed by atoms with Crippen molar-refractivity contribution >= 4 is 29.1 Å². The van der Waals surface area contributed by atoms with Crippen molar-refractivity contribution in [3.8, 4) is 11.3 Å². The maximum absolute atomic E-state index is 13.7. The number of carbonyl (C=O) groups excluding carboxylic acids is 1. The highest BCUT2D eigenvalue weighted by atomic mass is 35.5. The zero-order chi connectivity index (χ0) is 21.6. The predicted octanol–water partition coefficient (Wildman–Crippen LogP) is 5.67. The SMILES string of the molecule is O=C(c1ccc(Cl)cc1Cl)N1CCn2c(nc(C(F)(F)F)c2-c2ccc(F)cc2)C1. The van der Waals surface area contributed by atoms with E-state index in [4.69, 9.17) is 23.2 Å². The smallest absolute Gasteiger partial charge is 0.329 e. The number of hydrogen-bond acceptors (Lipinski definition) is 2. The van der Waals surface area contributed by atoms with Crippen molar-refractivity contribution < 1.29 is 22.4 Å². The number of aromatic nitrogens is 2. The molecule has 1 aromatic heterocycles. The molecule has 0 atom stereocenters. The number of benzene rings is 2. The minimum Gasteiger partial charge on any atom is -0.329 e. The van der Waals surface area contributed by atoms with Gasteiger partial charge < -0.3 is 9.47 Å². The molecule has 156 valence electrons. The van der Waals surface area contributed by atoms with E-state index in [2.05, 4.69) is 4.98 Å². The Labute approximate surface area is 178 Å². The zero-order valence-corrected chi connectivity index (χ0v) is 16.7. The second-order valence-electron chi connectivity index (χ2n) is 6.73. The van der Waals surface area contributed by atoms with Crippen molar-refractivity contribution in [1.29, 1.82) is 0 Å². The summed E-state index contributed by atoms with van der Waals surface area (Å²) in [6, 6.07) is 9.15. The van der Waals surface area contributed by atoms with Gasteiger partial charge in [-0.25, -0.2) is 9.37 Å². The van der Waals surface area contributed by atoms with Gasteiger partial charge in [-0.05, 0) is 42.5 Å². The van der Waals surface area contributed by atoms with Crippen LogP contribution < -0.4 is 0 Å². The molecule has 0 N–H and O–H groups in total. The molecule has 0 fully saturated rings. The van der Waals surface area contributed by atoms with Crippen LogP contribution in [0.25, 0.3) is 11.3 Å². The summed E-state index contributed by atoms with van der Waals surface area (Å²) in [5.74, 6) is -0.892.